The lowest BCUT2D eigenvalue weighted by Gasteiger charge is -2.30. The van der Waals surface area contributed by atoms with Crippen molar-refractivity contribution in [2.75, 3.05) is 12.9 Å². The number of nitrogens with one attached hydrogen (secondary N) is 1. The number of thioether (sulfide) groups is 1. The first-order valence-corrected chi connectivity index (χ1v) is 7.64. The fourth-order valence-corrected chi connectivity index (χ4v) is 2.97. The van der Waals surface area contributed by atoms with E-state index < -0.39 is 5.54 Å². The van der Waals surface area contributed by atoms with Crippen LogP contribution in [0.3, 0.4) is 0 Å². The van der Waals surface area contributed by atoms with Gasteiger partial charge in [0.15, 0.2) is 5.16 Å². The minimum atomic E-state index is -0.681. The second-order valence-corrected chi connectivity index (χ2v) is 6.26. The summed E-state index contributed by atoms with van der Waals surface area (Å²) in [4.78, 5) is 20.5. The lowest BCUT2D eigenvalue weighted by molar-refractivity contribution is -0.148. The molecule has 1 heterocycles. The average Bonchev–Trinajstić information content (AvgIpc) is 2.37. The first kappa shape index (κ1) is 16.9. The lowest BCUT2D eigenvalue weighted by atomic mass is 9.98. The number of rotatable bonds is 7. The third kappa shape index (κ3) is 5.09. The molecule has 0 aromatic carbocycles. The molecule has 5 nitrogen and oxygen atoms in total. The molecule has 0 amide bonds. The van der Waals surface area contributed by atoms with E-state index >= 15 is 0 Å². The van der Waals surface area contributed by atoms with E-state index in [0.717, 1.165) is 16.6 Å². The monoisotopic (exact) mass is 297 g/mol. The largest absolute Gasteiger partial charge is 0.468 e. The van der Waals surface area contributed by atoms with Crippen molar-refractivity contribution in [1.29, 1.82) is 0 Å². The van der Waals surface area contributed by atoms with Crippen molar-refractivity contribution in [3.63, 3.8) is 0 Å². The molecule has 0 fully saturated rings. The van der Waals surface area contributed by atoms with Crippen LogP contribution in [0.1, 0.15) is 32.9 Å². The highest BCUT2D eigenvalue weighted by molar-refractivity contribution is 7.99. The minimum absolute atomic E-state index is 0.208. The van der Waals surface area contributed by atoms with Crippen LogP contribution < -0.4 is 5.32 Å². The lowest BCUT2D eigenvalue weighted by Crippen LogP contribution is -2.53. The number of hydrogen-bond acceptors (Lipinski definition) is 6. The van der Waals surface area contributed by atoms with Gasteiger partial charge in [-0.05, 0) is 40.2 Å². The standard InChI is InChI=1S/C14H23N3O2S/c1-10(2)17-14(4,12(18)19-5)7-9-20-13-15-8-6-11(3)16-13/h6,8,10,17H,7,9H2,1-5H3. The van der Waals surface area contributed by atoms with Gasteiger partial charge in [-0.2, -0.15) is 0 Å². The van der Waals surface area contributed by atoms with Gasteiger partial charge in [0.25, 0.3) is 0 Å². The topological polar surface area (TPSA) is 64.1 Å². The highest BCUT2D eigenvalue weighted by atomic mass is 32.2. The Morgan fingerprint density at radius 1 is 1.55 bits per heavy atom. The second kappa shape index (κ2) is 7.59. The summed E-state index contributed by atoms with van der Waals surface area (Å²) >= 11 is 1.55. The van der Waals surface area contributed by atoms with E-state index in [-0.39, 0.29) is 12.0 Å². The van der Waals surface area contributed by atoms with Crippen molar-refractivity contribution < 1.29 is 9.53 Å². The molecular formula is C14H23N3O2S. The summed E-state index contributed by atoms with van der Waals surface area (Å²) < 4.78 is 4.90. The maximum atomic E-state index is 11.9. The first-order chi connectivity index (χ1) is 9.37. The molecule has 1 atom stereocenters. The molecule has 112 valence electrons. The summed E-state index contributed by atoms with van der Waals surface area (Å²) in [6.07, 6.45) is 2.40. The van der Waals surface area contributed by atoms with E-state index in [4.69, 9.17) is 4.74 Å². The number of hydrogen-bond donors (Lipinski definition) is 1. The Morgan fingerprint density at radius 2 is 2.25 bits per heavy atom. The van der Waals surface area contributed by atoms with Crippen LogP contribution in [-0.4, -0.2) is 40.4 Å². The molecule has 0 aliphatic carbocycles. The highest BCUT2D eigenvalue weighted by Crippen LogP contribution is 2.20. The number of aromatic nitrogens is 2. The van der Waals surface area contributed by atoms with E-state index in [0.29, 0.717) is 6.42 Å². The van der Waals surface area contributed by atoms with Crippen LogP contribution in [-0.2, 0) is 9.53 Å². The molecule has 0 bridgehead atoms. The Labute approximate surface area is 124 Å². The maximum Gasteiger partial charge on any atom is 0.325 e. The van der Waals surface area contributed by atoms with Crippen molar-refractivity contribution in [2.45, 2.75) is 50.9 Å². The van der Waals surface area contributed by atoms with Crippen molar-refractivity contribution in [1.82, 2.24) is 15.3 Å². The predicted octanol–water partition coefficient (Wildman–Crippen LogP) is 2.20. The van der Waals surface area contributed by atoms with Crippen molar-refractivity contribution in [3.05, 3.63) is 18.0 Å². The summed E-state index contributed by atoms with van der Waals surface area (Å²) in [5.74, 6) is 0.506. The number of aryl methyl sites for hydroxylation is 1. The van der Waals surface area contributed by atoms with Crippen molar-refractivity contribution >= 4 is 17.7 Å². The quantitative estimate of drug-likeness (QED) is 0.473. The van der Waals surface area contributed by atoms with Crippen LogP contribution in [0.5, 0.6) is 0 Å². The number of nitrogens with zero attached hydrogens (tertiary/aromatic N) is 2. The Kier molecular flexibility index (Phi) is 6.42. The van der Waals surface area contributed by atoms with E-state index in [1.807, 2.05) is 33.8 Å². The van der Waals surface area contributed by atoms with Gasteiger partial charge in [0.1, 0.15) is 5.54 Å². The van der Waals surface area contributed by atoms with Crippen LogP contribution in [0.15, 0.2) is 17.4 Å². The van der Waals surface area contributed by atoms with Gasteiger partial charge in [0.2, 0.25) is 0 Å². The molecule has 6 heteroatoms. The Bertz CT molecular complexity index is 454. The van der Waals surface area contributed by atoms with E-state index in [2.05, 4.69) is 15.3 Å². The van der Waals surface area contributed by atoms with Gasteiger partial charge in [0, 0.05) is 23.7 Å². The molecule has 0 aliphatic heterocycles. The molecule has 0 saturated carbocycles. The fourth-order valence-electron chi connectivity index (χ4n) is 1.94. The van der Waals surface area contributed by atoms with Crippen LogP contribution >= 0.6 is 11.8 Å². The molecule has 1 aromatic heterocycles. The molecule has 1 unspecified atom stereocenters. The van der Waals surface area contributed by atoms with E-state index in [9.17, 15) is 4.79 Å². The number of methoxy groups -OCH3 is 1. The van der Waals surface area contributed by atoms with E-state index in [1.165, 1.54) is 7.11 Å². The van der Waals surface area contributed by atoms with Crippen molar-refractivity contribution in [3.8, 4) is 0 Å². The first-order valence-electron chi connectivity index (χ1n) is 6.66. The van der Waals surface area contributed by atoms with Crippen LogP contribution in [0.4, 0.5) is 0 Å². The Balaban J connectivity index is 2.60. The van der Waals surface area contributed by atoms with Gasteiger partial charge in [-0.15, -0.1) is 0 Å². The fraction of sp³-hybridized carbons (Fsp3) is 0.643. The van der Waals surface area contributed by atoms with Crippen LogP contribution in [0, 0.1) is 6.92 Å². The Morgan fingerprint density at radius 3 is 2.80 bits per heavy atom. The van der Waals surface area contributed by atoms with Gasteiger partial charge < -0.3 is 4.74 Å². The second-order valence-electron chi connectivity index (χ2n) is 5.20. The molecule has 0 radical (unpaired) electrons. The molecule has 1 aromatic rings. The SMILES string of the molecule is COC(=O)C(C)(CCSc1nccc(C)n1)NC(C)C. The van der Waals surface area contributed by atoms with Gasteiger partial charge in [-0.3, -0.25) is 10.1 Å². The molecular weight excluding hydrogens is 274 g/mol. The number of carbonyl (C=O) groups is 1. The highest BCUT2D eigenvalue weighted by Gasteiger charge is 2.34. The van der Waals surface area contributed by atoms with Gasteiger partial charge >= 0.3 is 5.97 Å². The zero-order valence-corrected chi connectivity index (χ0v) is 13.6. The molecule has 20 heavy (non-hydrogen) atoms. The number of ether oxygens (including phenoxy) is 1. The van der Waals surface area contributed by atoms with Crippen molar-refractivity contribution in [2.24, 2.45) is 0 Å². The summed E-state index contributed by atoms with van der Waals surface area (Å²) in [6.45, 7) is 7.83. The van der Waals surface area contributed by atoms with Crippen LogP contribution in [0.25, 0.3) is 0 Å². The summed E-state index contributed by atoms with van der Waals surface area (Å²) in [5, 5.41) is 4.01. The zero-order chi connectivity index (χ0) is 15.2. The molecule has 1 N–H and O–H groups in total. The average molecular weight is 297 g/mol. The van der Waals surface area contributed by atoms with Gasteiger partial charge in [-0.25, -0.2) is 9.97 Å². The Hall–Kier alpha value is -1.14. The number of carbonyl (C=O) groups excluding carboxylic acids is 1. The van der Waals surface area contributed by atoms with Gasteiger partial charge in [0.05, 0.1) is 7.11 Å². The molecule has 1 rings (SSSR count). The van der Waals surface area contributed by atoms with Crippen LogP contribution in [0.2, 0.25) is 0 Å². The summed E-state index contributed by atoms with van der Waals surface area (Å²) in [6, 6.07) is 2.07. The number of esters is 1. The molecule has 0 spiro atoms. The van der Waals surface area contributed by atoms with E-state index in [1.54, 1.807) is 18.0 Å². The maximum absolute atomic E-state index is 11.9. The predicted molar refractivity (Wildman–Crippen MR) is 80.8 cm³/mol. The minimum Gasteiger partial charge on any atom is -0.468 e. The summed E-state index contributed by atoms with van der Waals surface area (Å²) in [7, 11) is 1.42. The molecule has 0 aliphatic rings. The smallest absolute Gasteiger partial charge is 0.325 e. The third-order valence-corrected chi connectivity index (χ3v) is 3.71. The third-order valence-electron chi connectivity index (χ3n) is 2.85. The normalized spacial score (nSPS) is 14.1. The zero-order valence-electron chi connectivity index (χ0n) is 12.8. The van der Waals surface area contributed by atoms with Gasteiger partial charge in [-0.1, -0.05) is 11.8 Å². The molecule has 0 saturated heterocycles. The summed E-state index contributed by atoms with van der Waals surface area (Å²) in [5.41, 5.74) is 0.262.